The molecule has 1 aliphatic rings. The molecule has 2 rings (SSSR count). The van der Waals surface area contributed by atoms with Crippen molar-refractivity contribution in [1.82, 2.24) is 4.98 Å². The van der Waals surface area contributed by atoms with Crippen molar-refractivity contribution < 1.29 is 9.47 Å². The molecule has 0 radical (unpaired) electrons. The third-order valence-corrected chi connectivity index (χ3v) is 3.98. The number of nitrogens with zero attached hydrogens (tertiary/aromatic N) is 1. The molecule has 2 atom stereocenters. The molecule has 1 fully saturated rings. The first-order valence-corrected chi connectivity index (χ1v) is 7.35. The zero-order valence-corrected chi connectivity index (χ0v) is 11.8. The van der Waals surface area contributed by atoms with Gasteiger partial charge in [-0.3, -0.25) is 0 Å². The number of ether oxygens (including phenoxy) is 2. The van der Waals surface area contributed by atoms with Crippen LogP contribution in [0.4, 0.5) is 0 Å². The monoisotopic (exact) mass is 275 g/mol. The van der Waals surface area contributed by atoms with Gasteiger partial charge in [0.2, 0.25) is 0 Å². The highest BCUT2D eigenvalue weighted by Crippen LogP contribution is 2.23. The van der Waals surface area contributed by atoms with E-state index < -0.39 is 0 Å². The van der Waals surface area contributed by atoms with E-state index in [-0.39, 0.29) is 6.10 Å². The summed E-state index contributed by atoms with van der Waals surface area (Å²) in [5.41, 5.74) is 0.934. The Morgan fingerprint density at radius 3 is 2.76 bits per heavy atom. The minimum Gasteiger partial charge on any atom is -0.375 e. The number of thiazole rings is 1. The van der Waals surface area contributed by atoms with Crippen LogP contribution in [0.15, 0.2) is 5.38 Å². The summed E-state index contributed by atoms with van der Waals surface area (Å²) in [5, 5.41) is 2.99. The van der Waals surface area contributed by atoms with Gasteiger partial charge >= 0.3 is 0 Å². The number of aromatic nitrogens is 1. The van der Waals surface area contributed by atoms with E-state index in [9.17, 15) is 0 Å². The molecule has 0 saturated carbocycles. The van der Waals surface area contributed by atoms with Gasteiger partial charge in [0.25, 0.3) is 0 Å². The van der Waals surface area contributed by atoms with Crippen molar-refractivity contribution in [3.8, 4) is 0 Å². The standard InChI is InChI=1S/C12H18ClNO2S/c1-8-3-11(4-9(2)16-8)15-6-12-14-10(5-13)7-17-12/h7-9,11H,3-6H2,1-2H3. The highest BCUT2D eigenvalue weighted by atomic mass is 35.5. The minimum absolute atomic E-state index is 0.289. The molecule has 3 nitrogen and oxygen atoms in total. The summed E-state index contributed by atoms with van der Waals surface area (Å²) in [7, 11) is 0. The SMILES string of the molecule is CC1CC(OCc2nc(CCl)cs2)CC(C)O1. The van der Waals surface area contributed by atoms with Gasteiger partial charge in [-0.25, -0.2) is 4.98 Å². The van der Waals surface area contributed by atoms with E-state index in [0.29, 0.717) is 24.7 Å². The predicted molar refractivity (Wildman–Crippen MR) is 69.5 cm³/mol. The van der Waals surface area contributed by atoms with E-state index in [1.165, 1.54) is 0 Å². The molecule has 0 spiro atoms. The quantitative estimate of drug-likeness (QED) is 0.790. The summed E-state index contributed by atoms with van der Waals surface area (Å²) in [6.45, 7) is 4.79. The average Bonchev–Trinajstić information content (AvgIpc) is 2.73. The molecule has 0 aliphatic carbocycles. The van der Waals surface area contributed by atoms with E-state index in [1.54, 1.807) is 11.3 Å². The Morgan fingerprint density at radius 1 is 1.47 bits per heavy atom. The maximum absolute atomic E-state index is 5.89. The van der Waals surface area contributed by atoms with E-state index in [2.05, 4.69) is 18.8 Å². The van der Waals surface area contributed by atoms with Crippen LogP contribution in [0.3, 0.4) is 0 Å². The van der Waals surface area contributed by atoms with Crippen LogP contribution in [0, 0.1) is 0 Å². The lowest BCUT2D eigenvalue weighted by molar-refractivity contribution is -0.106. The molecule has 1 aromatic rings. The first-order valence-electron chi connectivity index (χ1n) is 5.93. The molecule has 1 aromatic heterocycles. The van der Waals surface area contributed by atoms with Crippen LogP contribution in [-0.4, -0.2) is 23.3 Å². The molecule has 0 aromatic carbocycles. The summed E-state index contributed by atoms with van der Waals surface area (Å²) >= 11 is 7.33. The Hall–Kier alpha value is -0.160. The largest absolute Gasteiger partial charge is 0.375 e. The average molecular weight is 276 g/mol. The fourth-order valence-corrected chi connectivity index (χ4v) is 3.09. The third kappa shape index (κ3) is 3.91. The smallest absolute Gasteiger partial charge is 0.119 e. The molecule has 96 valence electrons. The lowest BCUT2D eigenvalue weighted by Crippen LogP contribution is -2.33. The Bertz CT molecular complexity index is 348. The van der Waals surface area contributed by atoms with Crippen molar-refractivity contribution >= 4 is 22.9 Å². The fourth-order valence-electron chi connectivity index (χ4n) is 2.15. The Labute approximate surface area is 111 Å². The van der Waals surface area contributed by atoms with Gasteiger partial charge < -0.3 is 9.47 Å². The van der Waals surface area contributed by atoms with Gasteiger partial charge in [-0.15, -0.1) is 22.9 Å². The highest BCUT2D eigenvalue weighted by molar-refractivity contribution is 7.09. The number of hydrogen-bond acceptors (Lipinski definition) is 4. The zero-order valence-electron chi connectivity index (χ0n) is 10.2. The van der Waals surface area contributed by atoms with Gasteiger partial charge in [0.05, 0.1) is 36.5 Å². The van der Waals surface area contributed by atoms with Crippen LogP contribution in [0.1, 0.15) is 37.4 Å². The lowest BCUT2D eigenvalue weighted by Gasteiger charge is -2.31. The predicted octanol–water partition coefficient (Wildman–Crippen LogP) is 3.35. The van der Waals surface area contributed by atoms with Crippen LogP contribution >= 0.6 is 22.9 Å². The summed E-state index contributed by atoms with van der Waals surface area (Å²) in [6, 6.07) is 0. The van der Waals surface area contributed by atoms with E-state index in [4.69, 9.17) is 21.1 Å². The van der Waals surface area contributed by atoms with Crippen molar-refractivity contribution in [3.05, 3.63) is 16.1 Å². The van der Waals surface area contributed by atoms with Crippen molar-refractivity contribution in [2.75, 3.05) is 0 Å². The van der Waals surface area contributed by atoms with E-state index in [0.717, 1.165) is 23.5 Å². The maximum atomic E-state index is 5.89. The summed E-state index contributed by atoms with van der Waals surface area (Å²) in [5.74, 6) is 0.474. The molecule has 17 heavy (non-hydrogen) atoms. The second-order valence-corrected chi connectivity index (χ2v) is 5.74. The lowest BCUT2D eigenvalue weighted by atomic mass is 10.0. The van der Waals surface area contributed by atoms with E-state index >= 15 is 0 Å². The first-order chi connectivity index (χ1) is 8.17. The van der Waals surface area contributed by atoms with Gasteiger partial charge in [-0.1, -0.05) is 0 Å². The number of hydrogen-bond donors (Lipinski definition) is 0. The van der Waals surface area contributed by atoms with Crippen molar-refractivity contribution in [2.24, 2.45) is 0 Å². The molecule has 0 amide bonds. The maximum Gasteiger partial charge on any atom is 0.119 e. The molecular formula is C12H18ClNO2S. The zero-order chi connectivity index (χ0) is 12.3. The topological polar surface area (TPSA) is 31.4 Å². The molecule has 1 saturated heterocycles. The second kappa shape index (κ2) is 6.14. The number of rotatable bonds is 4. The number of halogens is 1. The molecule has 2 heterocycles. The van der Waals surface area contributed by atoms with Crippen LogP contribution < -0.4 is 0 Å². The molecule has 2 unspecified atom stereocenters. The van der Waals surface area contributed by atoms with Crippen molar-refractivity contribution in [1.29, 1.82) is 0 Å². The molecule has 5 heteroatoms. The van der Waals surface area contributed by atoms with Crippen molar-refractivity contribution in [2.45, 2.75) is 57.5 Å². The number of alkyl halides is 1. The highest BCUT2D eigenvalue weighted by Gasteiger charge is 2.25. The Morgan fingerprint density at radius 2 is 2.18 bits per heavy atom. The third-order valence-electron chi connectivity index (χ3n) is 2.83. The van der Waals surface area contributed by atoms with Gasteiger partial charge in [-0.2, -0.15) is 0 Å². The molecule has 0 bridgehead atoms. The van der Waals surface area contributed by atoms with E-state index in [1.807, 2.05) is 5.38 Å². The van der Waals surface area contributed by atoms with Crippen molar-refractivity contribution in [3.63, 3.8) is 0 Å². The summed E-state index contributed by atoms with van der Waals surface area (Å²) in [4.78, 5) is 4.38. The summed E-state index contributed by atoms with van der Waals surface area (Å²) < 4.78 is 11.6. The molecular weight excluding hydrogens is 258 g/mol. The minimum atomic E-state index is 0.289. The summed E-state index contributed by atoms with van der Waals surface area (Å²) in [6.07, 6.45) is 2.81. The van der Waals surface area contributed by atoms with Gasteiger partial charge in [0.1, 0.15) is 5.01 Å². The van der Waals surface area contributed by atoms with Crippen LogP contribution in [0.2, 0.25) is 0 Å². The fraction of sp³-hybridized carbons (Fsp3) is 0.750. The Kier molecular flexibility index (Phi) is 4.79. The second-order valence-electron chi connectivity index (χ2n) is 4.53. The van der Waals surface area contributed by atoms with Gasteiger partial charge in [0, 0.05) is 5.38 Å². The molecule has 1 aliphatic heterocycles. The first kappa shape index (κ1) is 13.3. The molecule has 0 N–H and O–H groups in total. The van der Waals surface area contributed by atoms with Crippen LogP contribution in [0.25, 0.3) is 0 Å². The Balaban J connectivity index is 1.81. The van der Waals surface area contributed by atoms with Gasteiger partial charge in [0.15, 0.2) is 0 Å². The normalized spacial score (nSPS) is 29.5. The van der Waals surface area contributed by atoms with Crippen LogP contribution in [0.5, 0.6) is 0 Å². The van der Waals surface area contributed by atoms with Crippen LogP contribution in [-0.2, 0) is 22.0 Å². The van der Waals surface area contributed by atoms with Gasteiger partial charge in [-0.05, 0) is 26.7 Å².